The van der Waals surface area contributed by atoms with Gasteiger partial charge in [-0.05, 0) is 74.1 Å². The van der Waals surface area contributed by atoms with Gasteiger partial charge >= 0.3 is 77.0 Å². The summed E-state index contributed by atoms with van der Waals surface area (Å²) >= 11 is 0. The Morgan fingerprint density at radius 3 is 2.02 bits per heavy atom. The summed E-state index contributed by atoms with van der Waals surface area (Å²) in [5.41, 5.74) is 18.8. The van der Waals surface area contributed by atoms with Crippen molar-refractivity contribution in [1.29, 1.82) is 0 Å². The van der Waals surface area contributed by atoms with Crippen molar-refractivity contribution < 1.29 is 110 Å². The van der Waals surface area contributed by atoms with Crippen LogP contribution in [0.1, 0.15) is 101 Å². The molecule has 0 aromatic carbocycles. The van der Waals surface area contributed by atoms with Crippen molar-refractivity contribution in [3.05, 3.63) is 81.4 Å². The molecular weight excluding hydrogens is 734 g/mol. The Bertz CT molecular complexity index is 2140. The van der Waals surface area contributed by atoms with Gasteiger partial charge in [0.2, 0.25) is 5.91 Å². The number of allylic oxidation sites excluding steroid dienone is 3. The zero-order valence-electron chi connectivity index (χ0n) is 32.1. The largest absolute Gasteiger partial charge is 1.00 e. The van der Waals surface area contributed by atoms with E-state index in [1.807, 2.05) is 45.9 Å². The molecule has 0 radical (unpaired) electrons. The van der Waals surface area contributed by atoms with Gasteiger partial charge in [0.15, 0.2) is 0 Å². The van der Waals surface area contributed by atoms with Gasteiger partial charge in [-0.2, -0.15) is 0 Å². The monoisotopic (exact) mass is 780 g/mol. The van der Waals surface area contributed by atoms with E-state index in [1.54, 1.807) is 13.0 Å². The third-order valence-electron chi connectivity index (χ3n) is 9.51. The predicted octanol–water partition coefficient (Wildman–Crippen LogP) is -1.87. The van der Waals surface area contributed by atoms with E-state index in [1.165, 1.54) is 0 Å². The van der Waals surface area contributed by atoms with Gasteiger partial charge in [0.1, 0.15) is 6.04 Å². The molecule has 0 unspecified atom stereocenters. The molecule has 2 aliphatic heterocycles. The Balaban J connectivity index is 0.00000242. The number of carboxylic acid groups (broad SMARTS) is 3. The van der Waals surface area contributed by atoms with Crippen LogP contribution >= 0.6 is 0 Å². The summed E-state index contributed by atoms with van der Waals surface area (Å²) in [5.74, 6) is -4.76. The molecule has 18 heteroatoms. The number of aliphatic carboxylic acids is 2. The number of aromatic nitrogens is 4. The van der Waals surface area contributed by atoms with Gasteiger partial charge in [-0.1, -0.05) is 26.5 Å². The number of hydrogen-bond donors (Lipinski definition) is 8. The van der Waals surface area contributed by atoms with E-state index >= 15 is 0 Å². The van der Waals surface area contributed by atoms with Crippen molar-refractivity contribution in [2.24, 2.45) is 11.5 Å². The number of H-pyrrole nitrogens is 2. The molecule has 3 atom stereocenters. The molecule has 16 nitrogen and oxygen atoms in total. The summed E-state index contributed by atoms with van der Waals surface area (Å²) in [5, 5.41) is 38.0. The second-order valence-corrected chi connectivity index (χ2v) is 12.7. The molecule has 0 spiro atoms. The van der Waals surface area contributed by atoms with Gasteiger partial charge in [-0.25, -0.2) is 9.78 Å². The smallest absolute Gasteiger partial charge is 0.870 e. The summed E-state index contributed by atoms with van der Waals surface area (Å²) < 4.78 is 0. The molecule has 3 aromatic rings. The van der Waals surface area contributed by atoms with E-state index in [2.05, 4.69) is 22.3 Å². The Labute approximate surface area is 361 Å². The number of nitrogens with one attached hydrogen (secondary N) is 2. The molecule has 5 heterocycles. The van der Waals surface area contributed by atoms with Crippen molar-refractivity contribution in [2.45, 2.75) is 78.2 Å². The number of aromatic amines is 2. The van der Waals surface area contributed by atoms with Gasteiger partial charge in [-0.3, -0.25) is 19.4 Å². The summed E-state index contributed by atoms with van der Waals surface area (Å²) in [4.78, 5) is 63.0. The van der Waals surface area contributed by atoms with Crippen molar-refractivity contribution in [3.63, 3.8) is 0 Å². The number of fused-ring (bicyclic) bond motifs is 8. The number of aliphatic hydroxyl groups excluding tert-OH is 1. The first-order valence-corrected chi connectivity index (χ1v) is 16.5. The number of amides is 1. The molecule has 0 saturated carbocycles. The van der Waals surface area contributed by atoms with Gasteiger partial charge in [0.25, 0.3) is 0 Å². The number of rotatable bonds is 10. The molecule has 0 fully saturated rings. The van der Waals surface area contributed by atoms with Crippen LogP contribution in [0.4, 0.5) is 0 Å². The van der Waals surface area contributed by atoms with E-state index in [4.69, 9.17) is 20.8 Å². The molecule has 0 saturated heterocycles. The van der Waals surface area contributed by atoms with Crippen LogP contribution < -0.4 is 70.6 Å². The number of carboxylic acids is 3. The standard InChI is InChI=1S/C34H36N4O6.C3H8N2O2.2Na.2H2O/c1-7-19-15(3)23-12-25-17(5)21(9-10-29(39)40)32(37-25)22(11-30(41)42)33-31(34(43)44)18(6)26(38-33)14-28-20(8-2)16(4)24(36-28)13-27(19)35-23;4-2(1-6)3(5)7;;;;/h7,12-14,17,21,36,38H,1,8-11H2,2-6H3,(H,39,40)(H,41,42)(H,43,44);2,6H,1,4H2,(H2,5,7);;;2*1H2/q;;2*+1;;/p-2/t17-,21-;2-;;;;/m00..../s1. The number of carbonyl (C=O) groups is 4. The molecule has 12 N–H and O–H groups in total. The third kappa shape index (κ3) is 11.0. The average molecular weight is 781 g/mol. The van der Waals surface area contributed by atoms with E-state index in [0.717, 1.165) is 45.4 Å². The fourth-order valence-electron chi connectivity index (χ4n) is 6.62. The van der Waals surface area contributed by atoms with Gasteiger partial charge < -0.3 is 52.8 Å². The summed E-state index contributed by atoms with van der Waals surface area (Å²) in [6.45, 7) is 13.3. The SMILES string of the molecule is C=CC1=C(C)c2cc3nc(c(CC(=O)O)c4[nH]c(cc5[nH]c(cc1n2)c(C)c5CC)c(C)c4C(=O)O)[C@@H](CCC(=O)O)[C@@H]3C.NC(=O)[C@@H](N)CO.[Na+].[Na+].[OH-].[OH-]. The molecule has 2 aliphatic rings. The molecule has 1 amide bonds. The van der Waals surface area contributed by atoms with Crippen LogP contribution in [0.5, 0.6) is 0 Å². The number of nitrogens with zero attached hydrogens (tertiary/aromatic N) is 2. The number of aliphatic hydroxyl groups is 1. The maximum absolute atomic E-state index is 12.7. The van der Waals surface area contributed by atoms with Crippen LogP contribution in [-0.2, 0) is 27.2 Å². The maximum atomic E-state index is 12.7. The zero-order valence-corrected chi connectivity index (χ0v) is 36.1. The normalized spacial score (nSPS) is 14.7. The minimum Gasteiger partial charge on any atom is -0.870 e. The summed E-state index contributed by atoms with van der Waals surface area (Å²) in [6, 6.07) is 4.80. The summed E-state index contributed by atoms with van der Waals surface area (Å²) in [6.07, 6.45) is 2.04. The van der Waals surface area contributed by atoms with Crippen LogP contribution in [0.15, 0.2) is 30.9 Å². The Kier molecular flexibility index (Phi) is 20.1. The van der Waals surface area contributed by atoms with Gasteiger partial charge in [0, 0.05) is 51.6 Å². The van der Waals surface area contributed by atoms with Crippen molar-refractivity contribution in [2.75, 3.05) is 6.61 Å². The first kappa shape index (κ1) is 51.3. The number of hydrogen-bond acceptors (Lipinski definition) is 10. The first-order chi connectivity index (χ1) is 24.0. The number of aromatic carboxylic acids is 1. The van der Waals surface area contributed by atoms with Crippen LogP contribution in [0, 0.1) is 13.8 Å². The van der Waals surface area contributed by atoms with Crippen LogP contribution in [-0.4, -0.2) is 87.8 Å². The fourth-order valence-corrected chi connectivity index (χ4v) is 6.62. The molecule has 0 aliphatic carbocycles. The maximum Gasteiger partial charge on any atom is 1.00 e. The van der Waals surface area contributed by atoms with Crippen molar-refractivity contribution >= 4 is 57.0 Å². The number of aryl methyl sites for hydroxylation is 3. The van der Waals surface area contributed by atoms with Gasteiger partial charge in [-0.15, -0.1) is 0 Å². The summed E-state index contributed by atoms with van der Waals surface area (Å²) in [7, 11) is 0. The molecule has 8 bridgehead atoms. The first-order valence-electron chi connectivity index (χ1n) is 16.5. The minimum atomic E-state index is -1.20. The predicted molar refractivity (Wildman–Crippen MR) is 197 cm³/mol. The van der Waals surface area contributed by atoms with Crippen LogP contribution in [0.2, 0.25) is 0 Å². The molecule has 5 rings (SSSR count). The van der Waals surface area contributed by atoms with E-state index in [0.29, 0.717) is 28.2 Å². The second kappa shape index (κ2) is 21.6. The van der Waals surface area contributed by atoms with E-state index in [9.17, 15) is 34.5 Å². The van der Waals surface area contributed by atoms with E-state index < -0.39 is 42.2 Å². The van der Waals surface area contributed by atoms with Gasteiger partial charge in [0.05, 0.1) is 41.2 Å². The second-order valence-electron chi connectivity index (χ2n) is 12.7. The molecule has 55 heavy (non-hydrogen) atoms. The number of carbonyl (C=O) groups excluding carboxylic acids is 1. The number of nitrogens with two attached hydrogens (primary N) is 2. The number of primary amides is 1. The third-order valence-corrected chi connectivity index (χ3v) is 9.51. The quantitative estimate of drug-likeness (QED) is 0.105. The minimum absolute atomic E-state index is 0. The van der Waals surface area contributed by atoms with E-state index in [-0.39, 0.29) is 112 Å². The molecular formula is C37H46N6Na2O10. The molecule has 3 aromatic heterocycles. The van der Waals surface area contributed by atoms with Crippen LogP contribution in [0.25, 0.3) is 33.2 Å². The Hall–Kier alpha value is -3.68. The van der Waals surface area contributed by atoms with Crippen LogP contribution in [0.3, 0.4) is 0 Å². The Morgan fingerprint density at radius 1 is 0.909 bits per heavy atom. The average Bonchev–Trinajstić information content (AvgIpc) is 3.75. The van der Waals surface area contributed by atoms with Crippen molar-refractivity contribution in [3.8, 4) is 0 Å². The molecule has 286 valence electrons. The Morgan fingerprint density at radius 2 is 1.53 bits per heavy atom. The fraction of sp³-hybridized carbons (Fsp3) is 0.351. The zero-order chi connectivity index (χ0) is 37.9. The van der Waals surface area contributed by atoms with Crippen molar-refractivity contribution in [1.82, 2.24) is 19.9 Å². The topological polar surface area (TPSA) is 319 Å².